The van der Waals surface area contributed by atoms with Gasteiger partial charge in [0.15, 0.2) is 0 Å². The van der Waals surface area contributed by atoms with Gasteiger partial charge in [0.2, 0.25) is 10.0 Å². The molecule has 1 fully saturated rings. The Hall–Kier alpha value is -2.95. The lowest BCUT2D eigenvalue weighted by atomic mass is 10.1. The molecule has 0 atom stereocenters. The van der Waals surface area contributed by atoms with E-state index >= 15 is 0 Å². The van der Waals surface area contributed by atoms with Gasteiger partial charge in [-0.2, -0.15) is 5.10 Å². The number of sulfonamides is 1. The average Bonchev–Trinajstić information content (AvgIpc) is 3.14. The molecule has 2 aromatic heterocycles. The van der Waals surface area contributed by atoms with Crippen molar-refractivity contribution in [2.45, 2.75) is 30.9 Å². The molecule has 0 saturated carbocycles. The first kappa shape index (κ1) is 22.3. The molecular formula is C21H25F2N5O3S. The minimum Gasteiger partial charge on any atom is -0.494 e. The molecule has 11 heteroatoms. The lowest BCUT2D eigenvalue weighted by Crippen LogP contribution is -2.41. The number of methoxy groups -OCH3 is 1. The van der Waals surface area contributed by atoms with Crippen LogP contribution in [-0.4, -0.2) is 48.6 Å². The molecule has 3 heterocycles. The molecule has 1 aliphatic rings. The second-order valence-corrected chi connectivity index (χ2v) is 9.93. The lowest BCUT2D eigenvalue weighted by molar-refractivity contribution is 0.0174. The van der Waals surface area contributed by atoms with E-state index in [2.05, 4.69) is 14.8 Å². The van der Waals surface area contributed by atoms with E-state index in [4.69, 9.17) is 4.74 Å². The first-order chi connectivity index (χ1) is 15.1. The van der Waals surface area contributed by atoms with Crippen LogP contribution in [-0.2, 0) is 23.0 Å². The molecule has 1 aliphatic heterocycles. The van der Waals surface area contributed by atoms with E-state index in [1.165, 1.54) is 25.4 Å². The Morgan fingerprint density at radius 1 is 1.22 bits per heavy atom. The summed E-state index contributed by atoms with van der Waals surface area (Å²) in [5.41, 5.74) is 0.870. The summed E-state index contributed by atoms with van der Waals surface area (Å²) in [5, 5.41) is 4.36. The van der Waals surface area contributed by atoms with Crippen molar-refractivity contribution >= 4 is 32.4 Å². The maximum absolute atomic E-state index is 13.7. The number of hydrogen-bond acceptors (Lipinski definition) is 6. The standard InChI is InChI=1S/C21H25F2N5O3S/c1-21(22,23)15-6-9-24-18(12-15)28-10-7-16(8-11-28)32(29,30)26-19-17(31-3)5-4-14-13-25-27(2)20(14)19/h4-6,9,12-13,16,26H,7-8,10-11H2,1-3H3. The molecule has 0 spiro atoms. The molecule has 0 amide bonds. The van der Waals surface area contributed by atoms with Crippen molar-refractivity contribution in [3.63, 3.8) is 0 Å². The van der Waals surface area contributed by atoms with Crippen LogP contribution in [0.15, 0.2) is 36.7 Å². The Kier molecular flexibility index (Phi) is 5.70. The Morgan fingerprint density at radius 2 is 1.94 bits per heavy atom. The quantitative estimate of drug-likeness (QED) is 0.599. The summed E-state index contributed by atoms with van der Waals surface area (Å²) < 4.78 is 63.4. The number of nitrogens with one attached hydrogen (secondary N) is 1. The summed E-state index contributed by atoms with van der Waals surface area (Å²) in [6.45, 7) is 1.63. The summed E-state index contributed by atoms with van der Waals surface area (Å²) in [4.78, 5) is 6.03. The van der Waals surface area contributed by atoms with Crippen LogP contribution in [0.4, 0.5) is 20.3 Å². The van der Waals surface area contributed by atoms with Crippen LogP contribution >= 0.6 is 0 Å². The summed E-state index contributed by atoms with van der Waals surface area (Å²) in [5.74, 6) is -2.13. The molecule has 1 saturated heterocycles. The Labute approximate surface area is 185 Å². The number of anilines is 2. The van der Waals surface area contributed by atoms with E-state index in [1.807, 2.05) is 11.0 Å². The lowest BCUT2D eigenvalue weighted by Gasteiger charge is -2.33. The number of fused-ring (bicyclic) bond motifs is 1. The average molecular weight is 466 g/mol. The number of piperidine rings is 1. The number of nitrogens with zero attached hydrogens (tertiary/aromatic N) is 4. The highest BCUT2D eigenvalue weighted by Crippen LogP contribution is 2.35. The minimum absolute atomic E-state index is 0.115. The Bertz CT molecular complexity index is 1230. The zero-order valence-electron chi connectivity index (χ0n) is 18.0. The largest absolute Gasteiger partial charge is 0.494 e. The Balaban J connectivity index is 1.52. The van der Waals surface area contributed by atoms with Crippen molar-refractivity contribution in [1.29, 1.82) is 0 Å². The molecule has 1 aromatic carbocycles. The third-order valence-corrected chi connectivity index (χ3v) is 7.62. The molecular weight excluding hydrogens is 440 g/mol. The maximum Gasteiger partial charge on any atom is 0.270 e. The summed E-state index contributed by atoms with van der Waals surface area (Å²) >= 11 is 0. The SMILES string of the molecule is COc1ccc2cnn(C)c2c1NS(=O)(=O)C1CCN(c2cc(C(C)(F)F)ccn2)CC1. The van der Waals surface area contributed by atoms with Crippen LogP contribution in [0.2, 0.25) is 0 Å². The van der Waals surface area contributed by atoms with Crippen LogP contribution in [0.5, 0.6) is 5.75 Å². The van der Waals surface area contributed by atoms with Gasteiger partial charge in [-0.25, -0.2) is 22.2 Å². The van der Waals surface area contributed by atoms with E-state index in [0.717, 1.165) is 12.3 Å². The summed E-state index contributed by atoms with van der Waals surface area (Å²) in [6.07, 6.45) is 3.69. The topological polar surface area (TPSA) is 89.3 Å². The highest BCUT2D eigenvalue weighted by molar-refractivity contribution is 7.93. The number of aryl methyl sites for hydroxylation is 1. The minimum atomic E-state index is -3.73. The molecule has 1 N–H and O–H groups in total. The van der Waals surface area contributed by atoms with Crippen LogP contribution in [0, 0.1) is 0 Å². The monoisotopic (exact) mass is 465 g/mol. The van der Waals surface area contributed by atoms with Gasteiger partial charge in [0.25, 0.3) is 5.92 Å². The maximum atomic E-state index is 13.7. The van der Waals surface area contributed by atoms with Gasteiger partial charge in [-0.15, -0.1) is 0 Å². The van der Waals surface area contributed by atoms with Crippen molar-refractivity contribution in [2.75, 3.05) is 29.8 Å². The van der Waals surface area contributed by atoms with Crippen LogP contribution in [0.3, 0.4) is 0 Å². The van der Waals surface area contributed by atoms with E-state index in [-0.39, 0.29) is 5.56 Å². The fourth-order valence-corrected chi connectivity index (χ4v) is 5.48. The second-order valence-electron chi connectivity index (χ2n) is 7.97. The van der Waals surface area contributed by atoms with Gasteiger partial charge < -0.3 is 9.64 Å². The van der Waals surface area contributed by atoms with Gasteiger partial charge >= 0.3 is 0 Å². The van der Waals surface area contributed by atoms with E-state index in [1.54, 1.807) is 24.0 Å². The molecule has 8 nitrogen and oxygen atoms in total. The van der Waals surface area contributed by atoms with Gasteiger partial charge in [0.1, 0.15) is 17.3 Å². The molecule has 0 aliphatic carbocycles. The fraction of sp³-hybridized carbons (Fsp3) is 0.429. The fourth-order valence-electron chi connectivity index (χ4n) is 4.00. The first-order valence-electron chi connectivity index (χ1n) is 10.2. The number of pyridine rings is 1. The van der Waals surface area contributed by atoms with Gasteiger partial charge in [-0.1, -0.05) is 0 Å². The van der Waals surface area contributed by atoms with Crippen molar-refractivity contribution in [1.82, 2.24) is 14.8 Å². The molecule has 3 aromatic rings. The zero-order valence-corrected chi connectivity index (χ0v) is 18.9. The van der Waals surface area contributed by atoms with Gasteiger partial charge in [0, 0.05) is 44.2 Å². The van der Waals surface area contributed by atoms with Crippen molar-refractivity contribution in [2.24, 2.45) is 7.05 Å². The molecule has 32 heavy (non-hydrogen) atoms. The molecule has 172 valence electrons. The van der Waals surface area contributed by atoms with Crippen LogP contribution in [0.1, 0.15) is 25.3 Å². The van der Waals surface area contributed by atoms with E-state index < -0.39 is 21.2 Å². The number of ether oxygens (including phenoxy) is 1. The van der Waals surface area contributed by atoms with Crippen molar-refractivity contribution in [3.8, 4) is 5.75 Å². The Morgan fingerprint density at radius 3 is 2.59 bits per heavy atom. The molecule has 0 unspecified atom stereocenters. The smallest absolute Gasteiger partial charge is 0.270 e. The summed E-state index contributed by atoms with van der Waals surface area (Å²) in [6, 6.07) is 6.17. The third-order valence-electron chi connectivity index (χ3n) is 5.79. The number of halogens is 2. The highest BCUT2D eigenvalue weighted by Gasteiger charge is 2.33. The summed E-state index contributed by atoms with van der Waals surface area (Å²) in [7, 11) is -0.514. The number of alkyl halides is 2. The van der Waals surface area contributed by atoms with Crippen molar-refractivity contribution < 1.29 is 21.9 Å². The number of aromatic nitrogens is 3. The predicted molar refractivity (Wildman–Crippen MR) is 119 cm³/mol. The number of hydrogen-bond donors (Lipinski definition) is 1. The second kappa shape index (κ2) is 8.19. The van der Waals surface area contributed by atoms with E-state index in [0.29, 0.717) is 48.7 Å². The molecule has 0 radical (unpaired) electrons. The molecule has 0 bridgehead atoms. The zero-order chi connectivity index (χ0) is 23.1. The van der Waals surface area contributed by atoms with E-state index in [9.17, 15) is 17.2 Å². The van der Waals surface area contributed by atoms with Gasteiger partial charge in [0.05, 0.1) is 24.1 Å². The number of benzene rings is 1. The number of rotatable bonds is 6. The van der Waals surface area contributed by atoms with Gasteiger partial charge in [-0.05, 0) is 37.1 Å². The van der Waals surface area contributed by atoms with Crippen molar-refractivity contribution in [3.05, 3.63) is 42.2 Å². The van der Waals surface area contributed by atoms with Crippen LogP contribution in [0.25, 0.3) is 10.9 Å². The normalized spacial score (nSPS) is 15.8. The van der Waals surface area contributed by atoms with Crippen LogP contribution < -0.4 is 14.4 Å². The third kappa shape index (κ3) is 4.21. The predicted octanol–water partition coefficient (Wildman–Crippen LogP) is 3.50. The first-order valence-corrected chi connectivity index (χ1v) is 11.7. The highest BCUT2D eigenvalue weighted by atomic mass is 32.2. The molecule has 4 rings (SSSR count). The van der Waals surface area contributed by atoms with Gasteiger partial charge in [-0.3, -0.25) is 9.40 Å².